The summed E-state index contributed by atoms with van der Waals surface area (Å²) < 4.78 is 1.74. The van der Waals surface area contributed by atoms with Gasteiger partial charge in [0.05, 0.1) is 0 Å². The SMILES string of the molecule is C[C@@H](CN1CCCC1=O)NC(=O)c1ccnc(-n2ccnc2)c1. The van der Waals surface area contributed by atoms with E-state index in [1.54, 1.807) is 46.5 Å². The molecular formula is C16H19N5O2. The van der Waals surface area contributed by atoms with E-state index in [0.29, 0.717) is 24.3 Å². The molecule has 0 spiro atoms. The predicted molar refractivity (Wildman–Crippen MR) is 84.1 cm³/mol. The van der Waals surface area contributed by atoms with Crippen molar-refractivity contribution in [2.45, 2.75) is 25.8 Å². The van der Waals surface area contributed by atoms with E-state index in [2.05, 4.69) is 15.3 Å². The zero-order chi connectivity index (χ0) is 16.2. The molecule has 23 heavy (non-hydrogen) atoms. The van der Waals surface area contributed by atoms with Crippen LogP contribution in [0.15, 0.2) is 37.1 Å². The second-order valence-corrected chi connectivity index (χ2v) is 5.69. The van der Waals surface area contributed by atoms with Crippen LogP contribution in [-0.4, -0.2) is 50.4 Å². The quantitative estimate of drug-likeness (QED) is 0.893. The van der Waals surface area contributed by atoms with Gasteiger partial charge in [-0.15, -0.1) is 0 Å². The number of carbonyl (C=O) groups is 2. The third kappa shape index (κ3) is 3.56. The molecule has 120 valence electrons. The summed E-state index contributed by atoms with van der Waals surface area (Å²) in [4.78, 5) is 34.0. The Morgan fingerprint density at radius 3 is 3.00 bits per heavy atom. The lowest BCUT2D eigenvalue weighted by molar-refractivity contribution is -0.127. The number of nitrogens with zero attached hydrogens (tertiary/aromatic N) is 4. The first kappa shape index (κ1) is 15.2. The number of hydrogen-bond acceptors (Lipinski definition) is 4. The van der Waals surface area contributed by atoms with Crippen molar-refractivity contribution in [2.75, 3.05) is 13.1 Å². The summed E-state index contributed by atoms with van der Waals surface area (Å²) in [6.45, 7) is 3.23. The first-order chi connectivity index (χ1) is 11.1. The third-order valence-corrected chi connectivity index (χ3v) is 3.82. The summed E-state index contributed by atoms with van der Waals surface area (Å²) in [6, 6.07) is 3.28. The summed E-state index contributed by atoms with van der Waals surface area (Å²) in [5, 5.41) is 2.93. The Bertz CT molecular complexity index is 698. The number of hydrogen-bond donors (Lipinski definition) is 1. The van der Waals surface area contributed by atoms with E-state index >= 15 is 0 Å². The summed E-state index contributed by atoms with van der Waals surface area (Å²) in [7, 11) is 0. The van der Waals surface area contributed by atoms with Crippen LogP contribution < -0.4 is 5.32 Å². The molecular weight excluding hydrogens is 294 g/mol. The van der Waals surface area contributed by atoms with Crippen LogP contribution in [0.4, 0.5) is 0 Å². The van der Waals surface area contributed by atoms with Crippen molar-refractivity contribution in [1.82, 2.24) is 24.8 Å². The minimum absolute atomic E-state index is 0.102. The monoisotopic (exact) mass is 313 g/mol. The van der Waals surface area contributed by atoms with E-state index < -0.39 is 0 Å². The van der Waals surface area contributed by atoms with E-state index in [-0.39, 0.29) is 17.9 Å². The first-order valence-electron chi connectivity index (χ1n) is 7.66. The van der Waals surface area contributed by atoms with Crippen molar-refractivity contribution in [1.29, 1.82) is 0 Å². The highest BCUT2D eigenvalue weighted by Crippen LogP contribution is 2.11. The first-order valence-corrected chi connectivity index (χ1v) is 7.66. The van der Waals surface area contributed by atoms with Crippen LogP contribution in [-0.2, 0) is 4.79 Å². The summed E-state index contributed by atoms with van der Waals surface area (Å²) in [5.41, 5.74) is 0.531. The average molecular weight is 313 g/mol. The van der Waals surface area contributed by atoms with Crippen LogP contribution in [0.3, 0.4) is 0 Å². The van der Waals surface area contributed by atoms with Gasteiger partial charge >= 0.3 is 0 Å². The molecule has 2 aromatic heterocycles. The number of aromatic nitrogens is 3. The van der Waals surface area contributed by atoms with E-state index in [1.807, 2.05) is 6.92 Å². The number of rotatable bonds is 5. The third-order valence-electron chi connectivity index (χ3n) is 3.82. The number of nitrogens with one attached hydrogen (secondary N) is 1. The van der Waals surface area contributed by atoms with Crippen LogP contribution in [0.2, 0.25) is 0 Å². The molecule has 1 N–H and O–H groups in total. The molecule has 1 aliphatic rings. The number of pyridine rings is 1. The van der Waals surface area contributed by atoms with Crippen molar-refractivity contribution >= 4 is 11.8 Å². The van der Waals surface area contributed by atoms with E-state index in [9.17, 15) is 9.59 Å². The molecule has 1 saturated heterocycles. The Hall–Kier alpha value is -2.70. The number of imidazole rings is 1. The van der Waals surface area contributed by atoms with E-state index in [0.717, 1.165) is 13.0 Å². The fourth-order valence-electron chi connectivity index (χ4n) is 2.68. The van der Waals surface area contributed by atoms with Crippen LogP contribution in [0.5, 0.6) is 0 Å². The minimum atomic E-state index is -0.173. The normalized spacial score (nSPS) is 15.7. The van der Waals surface area contributed by atoms with Gasteiger partial charge in [-0.1, -0.05) is 0 Å². The summed E-state index contributed by atoms with van der Waals surface area (Å²) in [5.74, 6) is 0.628. The lowest BCUT2D eigenvalue weighted by Crippen LogP contribution is -2.42. The molecule has 7 heteroatoms. The highest BCUT2D eigenvalue weighted by Gasteiger charge is 2.22. The number of carbonyl (C=O) groups excluding carboxylic acids is 2. The molecule has 2 amide bonds. The van der Waals surface area contributed by atoms with Crippen LogP contribution in [0, 0.1) is 0 Å². The molecule has 3 rings (SSSR count). The van der Waals surface area contributed by atoms with Gasteiger partial charge in [0.25, 0.3) is 5.91 Å². The van der Waals surface area contributed by atoms with Crippen LogP contribution in [0.25, 0.3) is 5.82 Å². The largest absolute Gasteiger partial charge is 0.348 e. The Labute approximate surface area is 134 Å². The molecule has 1 fully saturated rings. The molecule has 1 atom stereocenters. The Balaban J connectivity index is 1.64. The van der Waals surface area contributed by atoms with E-state index in [1.165, 1.54) is 0 Å². The Kier molecular flexibility index (Phi) is 4.36. The van der Waals surface area contributed by atoms with Gasteiger partial charge in [0.2, 0.25) is 5.91 Å². The summed E-state index contributed by atoms with van der Waals surface area (Å²) in [6.07, 6.45) is 8.16. The fourth-order valence-corrected chi connectivity index (χ4v) is 2.68. The molecule has 7 nitrogen and oxygen atoms in total. The van der Waals surface area contributed by atoms with Crippen LogP contribution >= 0.6 is 0 Å². The maximum atomic E-state index is 12.4. The number of likely N-dealkylation sites (tertiary alicyclic amines) is 1. The van der Waals surface area contributed by atoms with Gasteiger partial charge in [0.1, 0.15) is 12.1 Å². The van der Waals surface area contributed by atoms with Gasteiger partial charge in [0.15, 0.2) is 0 Å². The molecule has 0 saturated carbocycles. The zero-order valence-electron chi connectivity index (χ0n) is 13.0. The zero-order valence-corrected chi connectivity index (χ0v) is 13.0. The molecule has 0 aromatic carbocycles. The van der Waals surface area contributed by atoms with Crippen molar-refractivity contribution < 1.29 is 9.59 Å². The number of amides is 2. The van der Waals surface area contributed by atoms with Gasteiger partial charge < -0.3 is 10.2 Å². The lowest BCUT2D eigenvalue weighted by atomic mass is 10.2. The fraction of sp³-hybridized carbons (Fsp3) is 0.375. The highest BCUT2D eigenvalue weighted by molar-refractivity contribution is 5.94. The van der Waals surface area contributed by atoms with E-state index in [4.69, 9.17) is 0 Å². The standard InChI is InChI=1S/C16H19N5O2/c1-12(10-20-7-2-3-15(20)22)19-16(23)13-4-5-18-14(9-13)21-8-6-17-11-21/h4-6,8-9,11-12H,2-3,7,10H2,1H3,(H,19,23)/t12-/m0/s1. The topological polar surface area (TPSA) is 80.1 Å². The van der Waals surface area contributed by atoms with Crippen molar-refractivity contribution in [3.63, 3.8) is 0 Å². The lowest BCUT2D eigenvalue weighted by Gasteiger charge is -2.21. The average Bonchev–Trinajstić information content (AvgIpc) is 3.20. The molecule has 1 aliphatic heterocycles. The van der Waals surface area contributed by atoms with Gasteiger partial charge in [-0.2, -0.15) is 0 Å². The van der Waals surface area contributed by atoms with Gasteiger partial charge in [-0.25, -0.2) is 9.97 Å². The smallest absolute Gasteiger partial charge is 0.251 e. The maximum absolute atomic E-state index is 12.4. The van der Waals surface area contributed by atoms with Gasteiger partial charge in [-0.3, -0.25) is 14.2 Å². The van der Waals surface area contributed by atoms with Crippen molar-refractivity contribution in [3.05, 3.63) is 42.6 Å². The molecule has 0 radical (unpaired) electrons. The maximum Gasteiger partial charge on any atom is 0.251 e. The second kappa shape index (κ2) is 6.60. The van der Waals surface area contributed by atoms with Crippen LogP contribution in [0.1, 0.15) is 30.1 Å². The van der Waals surface area contributed by atoms with Crippen molar-refractivity contribution in [3.8, 4) is 5.82 Å². The highest BCUT2D eigenvalue weighted by atomic mass is 16.2. The molecule has 0 bridgehead atoms. The Morgan fingerprint density at radius 1 is 1.43 bits per heavy atom. The van der Waals surface area contributed by atoms with Gasteiger partial charge in [0, 0.05) is 49.7 Å². The van der Waals surface area contributed by atoms with Crippen molar-refractivity contribution in [2.24, 2.45) is 0 Å². The molecule has 2 aromatic rings. The molecule has 0 aliphatic carbocycles. The molecule has 0 unspecified atom stereocenters. The minimum Gasteiger partial charge on any atom is -0.348 e. The molecule has 3 heterocycles. The second-order valence-electron chi connectivity index (χ2n) is 5.69. The van der Waals surface area contributed by atoms with Gasteiger partial charge in [-0.05, 0) is 25.5 Å². The summed E-state index contributed by atoms with van der Waals surface area (Å²) >= 11 is 0. The predicted octanol–water partition coefficient (Wildman–Crippen LogP) is 1.01. The Morgan fingerprint density at radius 2 is 2.30 bits per heavy atom.